The number of hydrogen-bond acceptors (Lipinski definition) is 3. The summed E-state index contributed by atoms with van der Waals surface area (Å²) in [5, 5.41) is 22.9. The van der Waals surface area contributed by atoms with E-state index in [2.05, 4.69) is 67.8 Å². The van der Waals surface area contributed by atoms with Crippen molar-refractivity contribution in [2.24, 2.45) is 0 Å². The molecule has 0 rings (SSSR count). The van der Waals surface area contributed by atoms with Crippen LogP contribution in [0.5, 0.6) is 0 Å². The molecule has 4 heteroatoms. The molecule has 4 nitrogen and oxygen atoms in total. The molecule has 0 aliphatic carbocycles. The quantitative estimate of drug-likeness (QED) is 0.0459. The number of unbranched alkanes of at least 4 members (excludes halogenated alkanes) is 21. The van der Waals surface area contributed by atoms with E-state index in [1.54, 1.807) is 6.08 Å². The van der Waals surface area contributed by atoms with Crippen LogP contribution < -0.4 is 5.32 Å². The first-order chi connectivity index (χ1) is 23.7. The average Bonchev–Trinajstić information content (AvgIpc) is 3.09. The van der Waals surface area contributed by atoms with Crippen molar-refractivity contribution in [3.63, 3.8) is 0 Å². The smallest absolute Gasteiger partial charge is 0.220 e. The molecule has 2 unspecified atom stereocenters. The first-order valence-corrected chi connectivity index (χ1v) is 20.5. The second kappa shape index (κ2) is 39.5. The van der Waals surface area contributed by atoms with Crippen molar-refractivity contribution in [1.29, 1.82) is 0 Å². The lowest BCUT2D eigenvalue weighted by molar-refractivity contribution is -0.123. The summed E-state index contributed by atoms with van der Waals surface area (Å²) in [5.41, 5.74) is 0. The number of allylic oxidation sites excluding steroid dienone is 9. The van der Waals surface area contributed by atoms with Gasteiger partial charge in [-0.1, -0.05) is 177 Å². The van der Waals surface area contributed by atoms with Crippen LogP contribution in [0.4, 0.5) is 0 Å². The summed E-state index contributed by atoms with van der Waals surface area (Å²) in [6.45, 7) is 4.26. The molecule has 1 amide bonds. The SMILES string of the molecule is CCCCCCC/C=C\C/C=C\C/C=C\CCCCCCCCCCC(=O)NC(CO)C(O)/C=C/CC/C=C/CCCCCCCCC. The van der Waals surface area contributed by atoms with E-state index in [0.717, 1.165) is 51.4 Å². The van der Waals surface area contributed by atoms with Crippen LogP contribution in [0.15, 0.2) is 60.8 Å². The van der Waals surface area contributed by atoms with Gasteiger partial charge in [-0.3, -0.25) is 4.79 Å². The fourth-order valence-corrected chi connectivity index (χ4v) is 5.79. The van der Waals surface area contributed by atoms with Gasteiger partial charge in [0.25, 0.3) is 0 Å². The molecule has 0 aliphatic heterocycles. The normalized spacial score (nSPS) is 13.7. The molecule has 2 atom stereocenters. The van der Waals surface area contributed by atoms with Gasteiger partial charge in [0.2, 0.25) is 5.91 Å². The molecule has 278 valence electrons. The highest BCUT2D eigenvalue weighted by molar-refractivity contribution is 5.76. The molecule has 3 N–H and O–H groups in total. The Balaban J connectivity index is 3.65. The van der Waals surface area contributed by atoms with Gasteiger partial charge in [-0.2, -0.15) is 0 Å². The highest BCUT2D eigenvalue weighted by atomic mass is 16.3. The second-order valence-corrected chi connectivity index (χ2v) is 13.7. The number of nitrogens with one attached hydrogen (secondary N) is 1. The standard InChI is InChI=1S/C44H79NO3/c1-3-5-7-9-11-13-15-17-18-19-20-21-22-23-24-25-26-28-30-32-34-36-38-40-44(48)45-42(41-46)43(47)39-37-35-33-31-29-27-16-14-12-10-8-6-4-2/h15,17,19-20,22-23,29,31,37,39,42-43,46-47H,3-14,16,18,21,24-28,30,32-36,38,40-41H2,1-2H3,(H,45,48)/b17-15-,20-19-,23-22-,31-29+,39-37+. The summed E-state index contributed by atoms with van der Waals surface area (Å²) >= 11 is 0. The molecular formula is C44H79NO3. The molecule has 0 aliphatic rings. The minimum atomic E-state index is -0.866. The molecule has 0 heterocycles. The van der Waals surface area contributed by atoms with E-state index in [4.69, 9.17) is 0 Å². The molecule has 0 aromatic carbocycles. The Morgan fingerprint density at radius 1 is 0.500 bits per heavy atom. The third-order valence-electron chi connectivity index (χ3n) is 8.97. The molecule has 0 saturated heterocycles. The molecule has 0 spiro atoms. The van der Waals surface area contributed by atoms with Gasteiger partial charge in [0.1, 0.15) is 0 Å². The van der Waals surface area contributed by atoms with Gasteiger partial charge in [-0.25, -0.2) is 0 Å². The minimum absolute atomic E-state index is 0.0846. The van der Waals surface area contributed by atoms with Crippen molar-refractivity contribution in [3.05, 3.63) is 60.8 Å². The predicted octanol–water partition coefficient (Wildman–Crippen LogP) is 12.6. The lowest BCUT2D eigenvalue weighted by Crippen LogP contribution is -2.45. The number of aliphatic hydroxyl groups excluding tert-OH is 2. The maximum absolute atomic E-state index is 12.3. The Hall–Kier alpha value is -1.91. The number of rotatable bonds is 36. The van der Waals surface area contributed by atoms with Crippen LogP contribution in [0, 0.1) is 0 Å². The van der Waals surface area contributed by atoms with Crippen molar-refractivity contribution in [1.82, 2.24) is 5.32 Å². The van der Waals surface area contributed by atoms with Crippen molar-refractivity contribution in [2.45, 2.75) is 206 Å². The van der Waals surface area contributed by atoms with E-state index < -0.39 is 12.1 Å². The fraction of sp³-hybridized carbons (Fsp3) is 0.750. The number of amides is 1. The van der Waals surface area contributed by atoms with Crippen molar-refractivity contribution < 1.29 is 15.0 Å². The molecule has 0 saturated carbocycles. The summed E-state index contributed by atoms with van der Waals surface area (Å²) in [5.74, 6) is -0.0846. The zero-order valence-electron chi connectivity index (χ0n) is 31.7. The molecule has 48 heavy (non-hydrogen) atoms. The van der Waals surface area contributed by atoms with Gasteiger partial charge in [0, 0.05) is 6.42 Å². The van der Waals surface area contributed by atoms with Crippen LogP contribution in [0.2, 0.25) is 0 Å². The summed E-state index contributed by atoms with van der Waals surface area (Å²) < 4.78 is 0. The highest BCUT2D eigenvalue weighted by Crippen LogP contribution is 2.12. The Morgan fingerprint density at radius 2 is 0.875 bits per heavy atom. The summed E-state index contributed by atoms with van der Waals surface area (Å²) in [6.07, 6.45) is 54.6. The van der Waals surface area contributed by atoms with Crippen LogP contribution >= 0.6 is 0 Å². The third kappa shape index (κ3) is 35.4. The van der Waals surface area contributed by atoms with E-state index in [0.29, 0.717) is 6.42 Å². The maximum atomic E-state index is 12.3. The number of carbonyl (C=O) groups is 1. The second-order valence-electron chi connectivity index (χ2n) is 13.7. The van der Waals surface area contributed by atoms with E-state index in [9.17, 15) is 15.0 Å². The lowest BCUT2D eigenvalue weighted by atomic mass is 10.1. The van der Waals surface area contributed by atoms with Crippen LogP contribution in [0.25, 0.3) is 0 Å². The largest absolute Gasteiger partial charge is 0.394 e. The van der Waals surface area contributed by atoms with Gasteiger partial charge >= 0.3 is 0 Å². The zero-order valence-corrected chi connectivity index (χ0v) is 31.7. The molecule has 0 fully saturated rings. The van der Waals surface area contributed by atoms with Gasteiger partial charge < -0.3 is 15.5 Å². The Labute approximate surface area is 298 Å². The zero-order chi connectivity index (χ0) is 35.0. The minimum Gasteiger partial charge on any atom is -0.394 e. The van der Waals surface area contributed by atoms with Crippen LogP contribution in [-0.4, -0.2) is 34.9 Å². The topological polar surface area (TPSA) is 69.6 Å². The first-order valence-electron chi connectivity index (χ1n) is 20.5. The van der Waals surface area contributed by atoms with Crippen molar-refractivity contribution in [3.8, 4) is 0 Å². The van der Waals surface area contributed by atoms with Crippen molar-refractivity contribution in [2.75, 3.05) is 6.61 Å². The van der Waals surface area contributed by atoms with E-state index in [1.165, 1.54) is 122 Å². The van der Waals surface area contributed by atoms with Crippen LogP contribution in [0.1, 0.15) is 194 Å². The Morgan fingerprint density at radius 3 is 1.35 bits per heavy atom. The monoisotopic (exact) mass is 670 g/mol. The van der Waals surface area contributed by atoms with Crippen molar-refractivity contribution >= 4 is 5.91 Å². The Bertz CT molecular complexity index is 812. The van der Waals surface area contributed by atoms with Gasteiger partial charge in [0.05, 0.1) is 18.8 Å². The number of hydrogen-bond donors (Lipinski definition) is 3. The molecule has 0 aromatic heterocycles. The van der Waals surface area contributed by atoms with E-state index in [1.807, 2.05) is 6.08 Å². The Kier molecular flexibility index (Phi) is 38.0. The number of aliphatic hydroxyl groups is 2. The summed E-state index contributed by atoms with van der Waals surface area (Å²) in [4.78, 5) is 12.3. The predicted molar refractivity (Wildman–Crippen MR) is 211 cm³/mol. The average molecular weight is 670 g/mol. The van der Waals surface area contributed by atoms with Crippen LogP contribution in [-0.2, 0) is 4.79 Å². The van der Waals surface area contributed by atoms with Gasteiger partial charge in [-0.05, 0) is 70.6 Å². The summed E-state index contributed by atoms with van der Waals surface area (Å²) in [6, 6.07) is -0.644. The fourth-order valence-electron chi connectivity index (χ4n) is 5.79. The van der Waals surface area contributed by atoms with E-state index >= 15 is 0 Å². The molecule has 0 bridgehead atoms. The third-order valence-corrected chi connectivity index (χ3v) is 8.97. The van der Waals surface area contributed by atoms with Gasteiger partial charge in [-0.15, -0.1) is 0 Å². The highest BCUT2D eigenvalue weighted by Gasteiger charge is 2.17. The number of carbonyl (C=O) groups excluding carboxylic acids is 1. The molecular weight excluding hydrogens is 590 g/mol. The first kappa shape index (κ1) is 46.1. The van der Waals surface area contributed by atoms with Crippen LogP contribution in [0.3, 0.4) is 0 Å². The van der Waals surface area contributed by atoms with E-state index in [-0.39, 0.29) is 12.5 Å². The summed E-state index contributed by atoms with van der Waals surface area (Å²) in [7, 11) is 0. The molecule has 0 radical (unpaired) electrons. The maximum Gasteiger partial charge on any atom is 0.220 e. The molecule has 0 aromatic rings. The van der Waals surface area contributed by atoms with Gasteiger partial charge in [0.15, 0.2) is 0 Å². The lowest BCUT2D eigenvalue weighted by Gasteiger charge is -2.19.